The fourth-order valence-corrected chi connectivity index (χ4v) is 1.85. The maximum absolute atomic E-state index is 8.89. The lowest BCUT2D eigenvalue weighted by molar-refractivity contribution is 0.231. The second-order valence-electron chi connectivity index (χ2n) is 4.32. The fourth-order valence-electron chi connectivity index (χ4n) is 1.85. The van der Waals surface area contributed by atoms with Crippen LogP contribution in [0.1, 0.15) is 27.2 Å². The molecule has 13 heavy (non-hydrogen) atoms. The molecule has 3 heteroatoms. The van der Waals surface area contributed by atoms with Gasteiger partial charge in [-0.05, 0) is 33.7 Å². The van der Waals surface area contributed by atoms with Crippen LogP contribution in [0.15, 0.2) is 0 Å². The lowest BCUT2D eigenvalue weighted by Gasteiger charge is -2.21. The van der Waals surface area contributed by atoms with Crippen LogP contribution in [-0.4, -0.2) is 47.8 Å². The average Bonchev–Trinajstić information content (AvgIpc) is 2.52. The number of nitrogens with one attached hydrogen (secondary N) is 1. The topological polar surface area (TPSA) is 35.5 Å². The van der Waals surface area contributed by atoms with Crippen molar-refractivity contribution in [1.29, 1.82) is 0 Å². The summed E-state index contributed by atoms with van der Waals surface area (Å²) in [5.41, 5.74) is 0. The van der Waals surface area contributed by atoms with Gasteiger partial charge in [-0.25, -0.2) is 0 Å². The number of likely N-dealkylation sites (tertiary alicyclic amines) is 1. The lowest BCUT2D eigenvalue weighted by Crippen LogP contribution is -2.41. The normalized spacial score (nSPS) is 27.0. The standard InChI is InChI=1S/C10H22N2O/c1-8(2)12-5-4-10(6-12)11-9(3)7-13/h8-11,13H,4-7H2,1-3H3/t9-,10?/m0/s1. The van der Waals surface area contributed by atoms with Crippen molar-refractivity contribution in [2.45, 2.75) is 45.3 Å². The minimum absolute atomic E-state index is 0.233. The maximum atomic E-state index is 8.89. The van der Waals surface area contributed by atoms with E-state index < -0.39 is 0 Å². The van der Waals surface area contributed by atoms with Gasteiger partial charge in [0.15, 0.2) is 0 Å². The van der Waals surface area contributed by atoms with E-state index in [0.717, 1.165) is 6.54 Å². The molecule has 1 unspecified atom stereocenters. The van der Waals surface area contributed by atoms with Crippen LogP contribution >= 0.6 is 0 Å². The van der Waals surface area contributed by atoms with Gasteiger partial charge in [0.05, 0.1) is 6.61 Å². The minimum atomic E-state index is 0.233. The van der Waals surface area contributed by atoms with Crippen molar-refractivity contribution in [3.05, 3.63) is 0 Å². The van der Waals surface area contributed by atoms with Crippen molar-refractivity contribution in [3.8, 4) is 0 Å². The zero-order valence-corrected chi connectivity index (χ0v) is 8.95. The summed E-state index contributed by atoms with van der Waals surface area (Å²) < 4.78 is 0. The SMILES string of the molecule is CC(C)N1CCC(N[C@@H](C)CO)C1. The average molecular weight is 186 g/mol. The van der Waals surface area contributed by atoms with Crippen molar-refractivity contribution in [1.82, 2.24) is 10.2 Å². The quantitative estimate of drug-likeness (QED) is 0.669. The van der Waals surface area contributed by atoms with E-state index in [9.17, 15) is 0 Å². The van der Waals surface area contributed by atoms with Gasteiger partial charge >= 0.3 is 0 Å². The van der Waals surface area contributed by atoms with E-state index in [2.05, 4.69) is 24.1 Å². The third-order valence-electron chi connectivity index (χ3n) is 2.74. The van der Waals surface area contributed by atoms with Gasteiger partial charge in [-0.1, -0.05) is 0 Å². The summed E-state index contributed by atoms with van der Waals surface area (Å²) in [5, 5.41) is 12.3. The highest BCUT2D eigenvalue weighted by molar-refractivity contribution is 4.84. The van der Waals surface area contributed by atoms with Gasteiger partial charge in [0, 0.05) is 24.7 Å². The summed E-state index contributed by atoms with van der Waals surface area (Å²) in [4.78, 5) is 2.47. The van der Waals surface area contributed by atoms with Crippen LogP contribution in [-0.2, 0) is 0 Å². The van der Waals surface area contributed by atoms with Crippen molar-refractivity contribution >= 4 is 0 Å². The van der Waals surface area contributed by atoms with Crippen LogP contribution in [0.4, 0.5) is 0 Å². The fraction of sp³-hybridized carbons (Fsp3) is 1.00. The Morgan fingerprint density at radius 2 is 2.15 bits per heavy atom. The van der Waals surface area contributed by atoms with E-state index in [1.54, 1.807) is 0 Å². The second kappa shape index (κ2) is 4.94. The van der Waals surface area contributed by atoms with Gasteiger partial charge in [0.2, 0.25) is 0 Å². The van der Waals surface area contributed by atoms with Crippen molar-refractivity contribution in [2.75, 3.05) is 19.7 Å². The molecule has 0 aromatic rings. The van der Waals surface area contributed by atoms with Crippen LogP contribution in [0.25, 0.3) is 0 Å². The summed E-state index contributed by atoms with van der Waals surface area (Å²) in [5.74, 6) is 0. The summed E-state index contributed by atoms with van der Waals surface area (Å²) in [7, 11) is 0. The molecule has 2 atom stereocenters. The molecular weight excluding hydrogens is 164 g/mol. The Morgan fingerprint density at radius 1 is 1.46 bits per heavy atom. The predicted octanol–water partition coefficient (Wildman–Crippen LogP) is 0.439. The van der Waals surface area contributed by atoms with E-state index >= 15 is 0 Å². The monoisotopic (exact) mass is 186 g/mol. The first-order valence-electron chi connectivity index (χ1n) is 5.24. The largest absolute Gasteiger partial charge is 0.395 e. The van der Waals surface area contributed by atoms with Crippen molar-refractivity contribution in [3.63, 3.8) is 0 Å². The van der Waals surface area contributed by atoms with Crippen molar-refractivity contribution in [2.24, 2.45) is 0 Å². The van der Waals surface area contributed by atoms with Crippen molar-refractivity contribution < 1.29 is 5.11 Å². The van der Waals surface area contributed by atoms with Gasteiger partial charge in [-0.2, -0.15) is 0 Å². The van der Waals surface area contributed by atoms with E-state index in [-0.39, 0.29) is 12.6 Å². The molecule has 0 aromatic carbocycles. The molecule has 0 spiro atoms. The van der Waals surface area contributed by atoms with Crippen LogP contribution in [0.5, 0.6) is 0 Å². The third-order valence-corrected chi connectivity index (χ3v) is 2.74. The smallest absolute Gasteiger partial charge is 0.0582 e. The van der Waals surface area contributed by atoms with Crippen LogP contribution in [0.2, 0.25) is 0 Å². The first-order valence-corrected chi connectivity index (χ1v) is 5.24. The molecule has 3 nitrogen and oxygen atoms in total. The Morgan fingerprint density at radius 3 is 2.62 bits per heavy atom. The minimum Gasteiger partial charge on any atom is -0.395 e. The number of hydrogen-bond acceptors (Lipinski definition) is 3. The van der Waals surface area contributed by atoms with Gasteiger partial charge in [0.1, 0.15) is 0 Å². The van der Waals surface area contributed by atoms with E-state index in [1.807, 2.05) is 6.92 Å². The van der Waals surface area contributed by atoms with Gasteiger partial charge in [0.25, 0.3) is 0 Å². The molecule has 0 amide bonds. The number of hydrogen-bond donors (Lipinski definition) is 2. The Kier molecular flexibility index (Phi) is 4.16. The molecule has 0 saturated carbocycles. The van der Waals surface area contributed by atoms with E-state index in [0.29, 0.717) is 12.1 Å². The molecule has 1 aliphatic heterocycles. The first kappa shape index (κ1) is 11.0. The summed E-state index contributed by atoms with van der Waals surface area (Å²) in [6.45, 7) is 9.04. The number of aliphatic hydroxyl groups excluding tert-OH is 1. The number of rotatable bonds is 4. The molecule has 0 aliphatic carbocycles. The van der Waals surface area contributed by atoms with E-state index in [4.69, 9.17) is 5.11 Å². The molecule has 0 radical (unpaired) electrons. The van der Waals surface area contributed by atoms with Gasteiger partial charge < -0.3 is 10.4 Å². The highest BCUT2D eigenvalue weighted by Gasteiger charge is 2.24. The molecule has 1 aliphatic rings. The van der Waals surface area contributed by atoms with Crippen LogP contribution in [0, 0.1) is 0 Å². The van der Waals surface area contributed by atoms with Gasteiger partial charge in [-0.3, -0.25) is 4.90 Å². The summed E-state index contributed by atoms with van der Waals surface area (Å²) in [6, 6.07) is 1.46. The number of aliphatic hydroxyl groups is 1. The van der Waals surface area contributed by atoms with Crippen LogP contribution in [0.3, 0.4) is 0 Å². The Bertz CT molecular complexity index is 150. The third kappa shape index (κ3) is 3.25. The van der Waals surface area contributed by atoms with Gasteiger partial charge in [-0.15, -0.1) is 0 Å². The lowest BCUT2D eigenvalue weighted by atomic mass is 10.2. The summed E-state index contributed by atoms with van der Waals surface area (Å²) >= 11 is 0. The molecule has 1 rings (SSSR count). The Labute approximate surface area is 81.1 Å². The maximum Gasteiger partial charge on any atom is 0.0582 e. The molecule has 2 N–H and O–H groups in total. The molecule has 1 saturated heterocycles. The Balaban J connectivity index is 2.25. The summed E-state index contributed by atoms with van der Waals surface area (Å²) in [6.07, 6.45) is 1.21. The first-order chi connectivity index (χ1) is 6.13. The molecule has 1 fully saturated rings. The van der Waals surface area contributed by atoms with E-state index in [1.165, 1.54) is 13.0 Å². The zero-order chi connectivity index (χ0) is 9.84. The zero-order valence-electron chi connectivity index (χ0n) is 8.95. The molecular formula is C10H22N2O. The molecule has 0 aromatic heterocycles. The highest BCUT2D eigenvalue weighted by Crippen LogP contribution is 2.12. The Hall–Kier alpha value is -0.120. The highest BCUT2D eigenvalue weighted by atomic mass is 16.3. The molecule has 0 bridgehead atoms. The molecule has 78 valence electrons. The second-order valence-corrected chi connectivity index (χ2v) is 4.32. The predicted molar refractivity (Wildman–Crippen MR) is 54.8 cm³/mol. The van der Waals surface area contributed by atoms with Crippen LogP contribution < -0.4 is 5.32 Å². The number of nitrogens with zero attached hydrogens (tertiary/aromatic N) is 1. The molecule has 1 heterocycles.